The summed E-state index contributed by atoms with van der Waals surface area (Å²) >= 11 is 3.65. The van der Waals surface area contributed by atoms with Gasteiger partial charge in [0.05, 0.1) is 19.8 Å². The summed E-state index contributed by atoms with van der Waals surface area (Å²) in [6, 6.07) is -5.64. The lowest BCUT2D eigenvalue weighted by molar-refractivity contribution is -0.140. The van der Waals surface area contributed by atoms with Crippen LogP contribution in [0.2, 0.25) is 0 Å². The topological polar surface area (TPSA) is 441 Å². The number of carbonyl (C=O) groups is 6. The highest BCUT2D eigenvalue weighted by Gasteiger charge is 2.14. The van der Waals surface area contributed by atoms with Crippen LogP contribution in [0.15, 0.2) is 0 Å². The molecule has 0 spiro atoms. The van der Waals surface area contributed by atoms with Crippen LogP contribution in [0, 0.1) is 5.92 Å². The van der Waals surface area contributed by atoms with Gasteiger partial charge in [0.15, 0.2) is 0 Å². The lowest BCUT2D eigenvalue weighted by Gasteiger charge is -2.07. The molecule has 0 rings (SSSR count). The van der Waals surface area contributed by atoms with Crippen LogP contribution in [-0.2, 0) is 28.8 Å². The van der Waals surface area contributed by atoms with Gasteiger partial charge in [-0.15, -0.1) is 0 Å². The van der Waals surface area contributed by atoms with Crippen molar-refractivity contribution in [2.45, 2.75) is 57.0 Å². The van der Waals surface area contributed by atoms with Crippen molar-refractivity contribution in [3.8, 4) is 0 Å². The van der Waals surface area contributed by atoms with Crippen molar-refractivity contribution in [1.29, 1.82) is 0 Å². The van der Waals surface area contributed by atoms with Gasteiger partial charge in [-0.3, -0.25) is 28.8 Å². The molecule has 6 unspecified atom stereocenters. The molecule has 42 heavy (non-hydrogen) atoms. The molecular weight excluding hydrogens is 596 g/mol. The number of hydrogen-bond acceptors (Lipinski definition) is 16. The molecule has 0 saturated heterocycles. The lowest BCUT2D eigenvalue weighted by Crippen LogP contribution is -2.34. The third-order valence-electron chi connectivity index (χ3n) is 3.45. The first-order valence-electron chi connectivity index (χ1n) is 11.3. The minimum Gasteiger partial charge on any atom is -0.480 e. The molecule has 0 fully saturated rings. The van der Waals surface area contributed by atoms with Gasteiger partial charge < -0.3 is 80.4 Å². The number of aliphatic carboxylic acids is 6. The van der Waals surface area contributed by atoms with Crippen molar-refractivity contribution in [2.24, 2.45) is 40.3 Å². The Hall–Kier alpha value is -3.19. The van der Waals surface area contributed by atoms with Crippen molar-refractivity contribution >= 4 is 48.4 Å². The predicted octanol–water partition coefficient (Wildman–Crippen LogP) is -6.03. The van der Waals surface area contributed by atoms with Crippen molar-refractivity contribution in [2.75, 3.05) is 25.6 Å². The number of carboxylic acid groups (broad SMARTS) is 6. The zero-order chi connectivity index (χ0) is 35.3. The van der Waals surface area contributed by atoms with Gasteiger partial charge in [0.1, 0.15) is 36.3 Å². The van der Waals surface area contributed by atoms with E-state index >= 15 is 0 Å². The SMILES string of the molecule is CC(C)C(N)C(=O)O.CC(N)C(=O)O.NC(CO)C(=O)O.NC(CO)C(=O)O.NC(CO)C(=O)O.NC(CS)C(=O)O. The number of carboxylic acids is 6. The van der Waals surface area contributed by atoms with Crippen molar-refractivity contribution in [3.63, 3.8) is 0 Å². The molecule has 0 heterocycles. The first-order chi connectivity index (χ1) is 18.9. The van der Waals surface area contributed by atoms with E-state index in [9.17, 15) is 28.8 Å². The maximum atomic E-state index is 10.0. The molecule has 0 aliphatic heterocycles. The van der Waals surface area contributed by atoms with Crippen LogP contribution in [0.3, 0.4) is 0 Å². The summed E-state index contributed by atoms with van der Waals surface area (Å²) in [7, 11) is 0. The molecule has 0 aliphatic rings. The van der Waals surface area contributed by atoms with Gasteiger partial charge in [-0.05, 0) is 12.8 Å². The van der Waals surface area contributed by atoms with E-state index in [-0.39, 0.29) is 11.7 Å². The quantitative estimate of drug-likeness (QED) is 0.0932. The Balaban J connectivity index is -0.0000000927. The molecule has 0 aliphatic carbocycles. The van der Waals surface area contributed by atoms with E-state index in [0.717, 1.165) is 0 Å². The molecule has 6 atom stereocenters. The molecule has 0 aromatic heterocycles. The Morgan fingerprint density at radius 2 is 0.714 bits per heavy atom. The van der Waals surface area contributed by atoms with E-state index < -0.39 is 91.9 Å². The Bertz CT molecular complexity index is 681. The molecule has 22 heteroatoms. The smallest absolute Gasteiger partial charge is 0.322 e. The summed E-state index contributed by atoms with van der Waals surface area (Å²) in [4.78, 5) is 58.3. The third kappa shape index (κ3) is 43.8. The van der Waals surface area contributed by atoms with Gasteiger partial charge >= 0.3 is 35.8 Å². The predicted molar refractivity (Wildman–Crippen MR) is 149 cm³/mol. The summed E-state index contributed by atoms with van der Waals surface area (Å²) in [5.41, 5.74) is 29.2. The van der Waals surface area contributed by atoms with E-state index in [1.807, 2.05) is 0 Å². The second-order valence-electron chi connectivity index (χ2n) is 7.74. The van der Waals surface area contributed by atoms with Crippen LogP contribution < -0.4 is 34.4 Å². The molecule has 21 nitrogen and oxygen atoms in total. The Morgan fingerprint density at radius 3 is 0.714 bits per heavy atom. The molecule has 0 radical (unpaired) electrons. The van der Waals surface area contributed by atoms with Gasteiger partial charge in [-0.2, -0.15) is 12.6 Å². The third-order valence-corrected chi connectivity index (χ3v) is 3.84. The van der Waals surface area contributed by atoms with Crippen molar-refractivity contribution < 1.29 is 74.7 Å². The number of aliphatic hydroxyl groups is 3. The lowest BCUT2D eigenvalue weighted by atomic mass is 10.1. The minimum absolute atomic E-state index is 0.0208. The number of hydrogen-bond donors (Lipinski definition) is 16. The fourth-order valence-electron chi connectivity index (χ4n) is 0.598. The van der Waals surface area contributed by atoms with Gasteiger partial charge in [0.2, 0.25) is 0 Å². The second kappa shape index (κ2) is 32.3. The summed E-state index contributed by atoms with van der Waals surface area (Å²) < 4.78 is 0. The minimum atomic E-state index is -1.18. The summed E-state index contributed by atoms with van der Waals surface area (Å²) in [6.45, 7) is 3.46. The average molecular weight is 643 g/mol. The van der Waals surface area contributed by atoms with Crippen LogP contribution in [0.4, 0.5) is 0 Å². The van der Waals surface area contributed by atoms with Crippen LogP contribution in [-0.4, -0.2) is 144 Å². The highest BCUT2D eigenvalue weighted by atomic mass is 32.1. The standard InChI is InChI=1S/C5H11NO2.3C3H7NO3.C3H7NO2S.C3H7NO2/c1-3(2)4(6)5(7)8;3*4-2(1-5)3(6)7;4-2(1-7)3(5)6;1-2(4)3(5)6/h3-4H,6H2,1-2H3,(H,7,8);3*2,5H,1,4H2,(H,6,7);2,7H,1,4H2,(H,5,6);2H,4H2,1H3,(H,5,6). The Kier molecular flexibility index (Phi) is 39.7. The highest BCUT2D eigenvalue weighted by molar-refractivity contribution is 7.80. The van der Waals surface area contributed by atoms with Gasteiger partial charge in [-0.25, -0.2) is 0 Å². The number of nitrogens with two attached hydrogens (primary N) is 6. The Labute approximate surface area is 246 Å². The zero-order valence-corrected chi connectivity index (χ0v) is 24.2. The van der Waals surface area contributed by atoms with Crippen LogP contribution in [0.1, 0.15) is 20.8 Å². The monoisotopic (exact) mass is 642 g/mol. The molecule has 252 valence electrons. The second-order valence-corrected chi connectivity index (χ2v) is 8.11. The summed E-state index contributed by atoms with van der Waals surface area (Å²) in [6.07, 6.45) is 0. The fourth-order valence-corrected chi connectivity index (χ4v) is 0.754. The molecule has 0 amide bonds. The van der Waals surface area contributed by atoms with E-state index in [1.54, 1.807) is 13.8 Å². The van der Waals surface area contributed by atoms with Crippen LogP contribution >= 0.6 is 12.6 Å². The fraction of sp³-hybridized carbons (Fsp3) is 0.700. The molecule has 21 N–H and O–H groups in total. The molecular formula is C20H46N6O15S. The Morgan fingerprint density at radius 1 is 0.500 bits per heavy atom. The summed E-state index contributed by atoms with van der Waals surface area (Å²) in [5.74, 6) is -6.22. The molecule has 0 aromatic rings. The first-order valence-corrected chi connectivity index (χ1v) is 11.9. The number of thiol groups is 1. The molecule has 0 saturated carbocycles. The van der Waals surface area contributed by atoms with Crippen LogP contribution in [0.25, 0.3) is 0 Å². The zero-order valence-electron chi connectivity index (χ0n) is 23.3. The normalized spacial score (nSPS) is 13.6. The largest absolute Gasteiger partial charge is 0.480 e. The van der Waals surface area contributed by atoms with Gasteiger partial charge in [0.25, 0.3) is 0 Å². The average Bonchev–Trinajstić information content (AvgIpc) is 2.91. The van der Waals surface area contributed by atoms with E-state index in [2.05, 4.69) is 12.6 Å². The first kappa shape index (κ1) is 51.5. The van der Waals surface area contributed by atoms with Crippen LogP contribution in [0.5, 0.6) is 0 Å². The van der Waals surface area contributed by atoms with Crippen molar-refractivity contribution in [3.05, 3.63) is 0 Å². The van der Waals surface area contributed by atoms with E-state index in [1.165, 1.54) is 6.92 Å². The van der Waals surface area contributed by atoms with E-state index in [0.29, 0.717) is 0 Å². The van der Waals surface area contributed by atoms with Gasteiger partial charge in [0, 0.05) is 5.75 Å². The molecule has 0 bridgehead atoms. The maximum absolute atomic E-state index is 10.0. The number of rotatable bonds is 11. The summed E-state index contributed by atoms with van der Waals surface area (Å²) in [5, 5.41) is 71.8. The highest BCUT2D eigenvalue weighted by Crippen LogP contribution is 1.96. The van der Waals surface area contributed by atoms with Crippen molar-refractivity contribution in [1.82, 2.24) is 0 Å². The van der Waals surface area contributed by atoms with E-state index in [4.69, 9.17) is 80.4 Å². The van der Waals surface area contributed by atoms with Gasteiger partial charge in [-0.1, -0.05) is 13.8 Å². The molecule has 0 aromatic carbocycles. The maximum Gasteiger partial charge on any atom is 0.322 e. The number of aliphatic hydroxyl groups excluding tert-OH is 3.